The van der Waals surface area contributed by atoms with E-state index in [1.54, 1.807) is 0 Å². The third-order valence-electron chi connectivity index (χ3n) is 3.83. The first-order chi connectivity index (χ1) is 11.7. The van der Waals surface area contributed by atoms with Gasteiger partial charge in [-0.15, -0.1) is 0 Å². The van der Waals surface area contributed by atoms with Gasteiger partial charge in [-0.05, 0) is 17.5 Å². The highest BCUT2D eigenvalue weighted by atomic mass is 16.5. The smallest absolute Gasteiger partial charge is 0.336 e. The molecule has 2 rings (SSSR count). The van der Waals surface area contributed by atoms with Gasteiger partial charge in [-0.25, -0.2) is 4.79 Å². The molecule has 0 radical (unpaired) electrons. The first-order valence-corrected chi connectivity index (χ1v) is 7.56. The number of esters is 1. The predicted molar refractivity (Wildman–Crippen MR) is 89.1 cm³/mol. The second-order valence-electron chi connectivity index (χ2n) is 5.27. The quantitative estimate of drug-likeness (QED) is 0.424. The van der Waals surface area contributed by atoms with E-state index in [-0.39, 0.29) is 0 Å². The lowest BCUT2D eigenvalue weighted by Crippen LogP contribution is -2.45. The molecule has 0 N–H and O–H groups in total. The lowest BCUT2D eigenvalue weighted by Gasteiger charge is -2.31. The van der Waals surface area contributed by atoms with Crippen LogP contribution in [0.1, 0.15) is 17.2 Å². The van der Waals surface area contributed by atoms with Gasteiger partial charge >= 0.3 is 5.97 Å². The van der Waals surface area contributed by atoms with Gasteiger partial charge in [0.15, 0.2) is 12.3 Å². The number of nitrogens with zero attached hydrogens (tertiary/aromatic N) is 1. The van der Waals surface area contributed by atoms with E-state index in [0.717, 1.165) is 11.1 Å². The van der Waals surface area contributed by atoms with Gasteiger partial charge in [0.05, 0.1) is 13.2 Å². The van der Waals surface area contributed by atoms with Crippen LogP contribution in [0, 0.1) is 0 Å². The Morgan fingerprint density at radius 1 is 1.04 bits per heavy atom. The highest BCUT2D eigenvalue weighted by Crippen LogP contribution is 2.26. The Morgan fingerprint density at radius 3 is 2.12 bits per heavy atom. The Kier molecular flexibility index (Phi) is 6.25. The van der Waals surface area contributed by atoms with Crippen molar-refractivity contribution in [2.45, 2.75) is 18.5 Å². The van der Waals surface area contributed by atoms with Crippen LogP contribution in [0.5, 0.6) is 0 Å². The lowest BCUT2D eigenvalue weighted by atomic mass is 9.96. The zero-order valence-corrected chi connectivity index (χ0v) is 13.4. The minimum absolute atomic E-state index is 0.432. The van der Waals surface area contributed by atoms with Gasteiger partial charge in [0.25, 0.3) is 0 Å². The van der Waals surface area contributed by atoms with Crippen LogP contribution in [0.3, 0.4) is 0 Å². The molecular weight excluding hydrogens is 306 g/mol. The van der Waals surface area contributed by atoms with Crippen molar-refractivity contribution in [1.29, 1.82) is 0 Å². The predicted octanol–water partition coefficient (Wildman–Crippen LogP) is 2.17. The largest absolute Gasteiger partial charge is 0.467 e. The summed E-state index contributed by atoms with van der Waals surface area (Å²) in [6.07, 6.45) is 1.43. The van der Waals surface area contributed by atoms with Crippen LogP contribution < -0.4 is 0 Å². The van der Waals surface area contributed by atoms with Crippen molar-refractivity contribution in [2.24, 2.45) is 0 Å². The molecule has 1 amide bonds. The minimum atomic E-state index is -1.28. The van der Waals surface area contributed by atoms with Gasteiger partial charge in [0.1, 0.15) is 0 Å². The molecule has 0 aliphatic heterocycles. The van der Waals surface area contributed by atoms with Gasteiger partial charge in [-0.1, -0.05) is 60.7 Å². The maximum atomic E-state index is 11.9. The van der Waals surface area contributed by atoms with E-state index in [1.165, 1.54) is 12.0 Å². The first kappa shape index (κ1) is 17.4. The highest BCUT2D eigenvalue weighted by Gasteiger charge is 2.32. The zero-order chi connectivity index (χ0) is 17.4. The monoisotopic (exact) mass is 325 g/mol. The topological polar surface area (TPSA) is 63.7 Å². The molecule has 0 aliphatic rings. The van der Waals surface area contributed by atoms with Gasteiger partial charge in [0.2, 0.25) is 6.41 Å². The Hall–Kier alpha value is -2.95. The summed E-state index contributed by atoms with van der Waals surface area (Å²) in [6, 6.07) is 17.1. The summed E-state index contributed by atoms with van der Waals surface area (Å²) >= 11 is 0. The summed E-state index contributed by atoms with van der Waals surface area (Å²) in [5, 5.41) is 0. The van der Waals surface area contributed by atoms with E-state index in [2.05, 4.69) is 4.74 Å². The van der Waals surface area contributed by atoms with Crippen LogP contribution in [0.25, 0.3) is 0 Å². The summed E-state index contributed by atoms with van der Waals surface area (Å²) in [5.74, 6) is -0.758. The Morgan fingerprint density at radius 2 is 1.62 bits per heavy atom. The molecular formula is C19H19NO4. The fraction of sp³-hybridized carbons (Fsp3) is 0.211. The number of aldehydes is 1. The molecule has 0 fully saturated rings. The molecule has 0 aliphatic carbocycles. The number of benzene rings is 2. The van der Waals surface area contributed by atoms with Crippen molar-refractivity contribution >= 4 is 18.7 Å². The summed E-state index contributed by atoms with van der Waals surface area (Å²) in [6.45, 7) is 0. The average Bonchev–Trinajstić information content (AvgIpc) is 2.65. The number of amides is 1. The molecule has 0 bridgehead atoms. The molecule has 0 saturated carbocycles. The molecule has 5 heteroatoms. The van der Waals surface area contributed by atoms with Crippen LogP contribution in [0.4, 0.5) is 0 Å². The molecule has 124 valence electrons. The van der Waals surface area contributed by atoms with Crippen LogP contribution in [-0.2, 0) is 25.5 Å². The highest BCUT2D eigenvalue weighted by molar-refractivity contribution is 5.94. The Bertz CT molecular complexity index is 672. The Labute approximate surface area is 140 Å². The fourth-order valence-corrected chi connectivity index (χ4v) is 2.61. The second-order valence-corrected chi connectivity index (χ2v) is 5.27. The van der Waals surface area contributed by atoms with E-state index < -0.39 is 18.1 Å². The van der Waals surface area contributed by atoms with Gasteiger partial charge in [0, 0.05) is 0 Å². The molecule has 0 heterocycles. The fourth-order valence-electron chi connectivity index (χ4n) is 2.61. The van der Waals surface area contributed by atoms with Crippen LogP contribution in [-0.4, -0.2) is 36.7 Å². The van der Waals surface area contributed by atoms with Crippen LogP contribution in [0.15, 0.2) is 60.7 Å². The SMILES string of the molecule is COC(=O)C(C=O)N(C=O)C(Cc1ccccc1)c1ccccc1. The first-order valence-electron chi connectivity index (χ1n) is 7.56. The van der Waals surface area contributed by atoms with E-state index in [9.17, 15) is 14.4 Å². The third-order valence-corrected chi connectivity index (χ3v) is 3.83. The van der Waals surface area contributed by atoms with Crippen molar-refractivity contribution in [3.05, 3.63) is 71.8 Å². The van der Waals surface area contributed by atoms with Crippen molar-refractivity contribution in [3.8, 4) is 0 Å². The molecule has 0 spiro atoms. The summed E-state index contributed by atoms with van der Waals surface area (Å²) in [5.41, 5.74) is 1.83. The van der Waals surface area contributed by atoms with Crippen molar-refractivity contribution in [2.75, 3.05) is 7.11 Å². The molecule has 24 heavy (non-hydrogen) atoms. The molecule has 2 aromatic rings. The number of hydrogen-bond acceptors (Lipinski definition) is 4. The summed E-state index contributed by atoms with van der Waals surface area (Å²) < 4.78 is 4.65. The Balaban J connectivity index is 2.41. The number of carbonyl (C=O) groups is 3. The standard InChI is InChI=1S/C19H19NO4/c1-24-19(23)18(13-21)20(14-22)17(16-10-6-3-7-11-16)12-15-8-4-2-5-9-15/h2-11,13-14,17-18H,12H2,1H3. The number of rotatable bonds is 8. The van der Waals surface area contributed by atoms with Gasteiger partial charge in [-0.2, -0.15) is 0 Å². The maximum absolute atomic E-state index is 11.9. The minimum Gasteiger partial charge on any atom is -0.467 e. The van der Waals surface area contributed by atoms with Crippen molar-refractivity contribution in [1.82, 2.24) is 4.90 Å². The van der Waals surface area contributed by atoms with Gasteiger partial charge in [-0.3, -0.25) is 4.79 Å². The zero-order valence-electron chi connectivity index (χ0n) is 13.4. The second kappa shape index (κ2) is 8.62. The molecule has 2 atom stereocenters. The number of methoxy groups -OCH3 is 1. The number of hydrogen-bond donors (Lipinski definition) is 0. The number of carbonyl (C=O) groups excluding carboxylic acids is 3. The molecule has 5 nitrogen and oxygen atoms in total. The molecule has 2 unspecified atom stereocenters. The van der Waals surface area contributed by atoms with E-state index in [4.69, 9.17) is 0 Å². The molecule has 0 aromatic heterocycles. The third kappa shape index (κ3) is 4.07. The van der Waals surface area contributed by atoms with Gasteiger partial charge < -0.3 is 14.4 Å². The molecule has 2 aromatic carbocycles. The average molecular weight is 325 g/mol. The van der Waals surface area contributed by atoms with Crippen molar-refractivity contribution < 1.29 is 19.1 Å². The van der Waals surface area contributed by atoms with E-state index in [1.807, 2.05) is 60.7 Å². The van der Waals surface area contributed by atoms with Crippen molar-refractivity contribution in [3.63, 3.8) is 0 Å². The number of ether oxygens (including phenoxy) is 1. The summed E-state index contributed by atoms with van der Waals surface area (Å²) in [7, 11) is 1.19. The maximum Gasteiger partial charge on any atom is 0.336 e. The summed E-state index contributed by atoms with van der Waals surface area (Å²) in [4.78, 5) is 36.2. The van der Waals surface area contributed by atoms with Crippen LogP contribution >= 0.6 is 0 Å². The van der Waals surface area contributed by atoms with E-state index in [0.29, 0.717) is 19.1 Å². The normalized spacial score (nSPS) is 12.7. The van der Waals surface area contributed by atoms with Crippen LogP contribution in [0.2, 0.25) is 0 Å². The molecule has 0 saturated heterocycles. The van der Waals surface area contributed by atoms with E-state index >= 15 is 0 Å². The lowest BCUT2D eigenvalue weighted by molar-refractivity contribution is -0.152.